The Morgan fingerprint density at radius 3 is 2.71 bits per heavy atom. The first-order valence-electron chi connectivity index (χ1n) is 9.05. The summed E-state index contributed by atoms with van der Waals surface area (Å²) in [6.45, 7) is 1.55. The molecule has 6 nitrogen and oxygen atoms in total. The molecule has 0 saturated heterocycles. The van der Waals surface area contributed by atoms with E-state index in [1.165, 1.54) is 0 Å². The van der Waals surface area contributed by atoms with Gasteiger partial charge < -0.3 is 4.57 Å². The number of hydrogen-bond donors (Lipinski definition) is 0. The lowest BCUT2D eigenvalue weighted by molar-refractivity contribution is 0.0982. The minimum absolute atomic E-state index is 0.0682. The van der Waals surface area contributed by atoms with Gasteiger partial charge in [0.25, 0.3) is 5.91 Å². The van der Waals surface area contributed by atoms with E-state index in [1.807, 2.05) is 34.9 Å². The van der Waals surface area contributed by atoms with E-state index in [4.69, 9.17) is 11.6 Å². The number of fused-ring (bicyclic) bond motifs is 2. The van der Waals surface area contributed by atoms with Gasteiger partial charge in [-0.05, 0) is 24.6 Å². The highest BCUT2D eigenvalue weighted by molar-refractivity contribution is 6.32. The molecular formula is C21H16ClN5O. The Bertz CT molecular complexity index is 1190. The van der Waals surface area contributed by atoms with Gasteiger partial charge in [-0.1, -0.05) is 41.9 Å². The number of amides is 1. The summed E-state index contributed by atoms with van der Waals surface area (Å²) in [5.74, 6) is 0.755. The standard InChI is InChI=1S/C21H16ClN5O/c22-20-19(14-5-2-1-3-6-14)24-17-11-15(7-8-16(17)25-20)21(28)27-10-4-9-26-13-23-12-18(26)27/h1-3,5-8,11-13H,4,9-10H2. The lowest BCUT2D eigenvalue weighted by Crippen LogP contribution is -2.37. The molecule has 0 radical (unpaired) electrons. The molecule has 2 aromatic heterocycles. The van der Waals surface area contributed by atoms with Crippen molar-refractivity contribution in [3.05, 3.63) is 71.8 Å². The summed E-state index contributed by atoms with van der Waals surface area (Å²) in [7, 11) is 0. The predicted molar refractivity (Wildman–Crippen MR) is 109 cm³/mol. The zero-order chi connectivity index (χ0) is 19.1. The fourth-order valence-corrected chi connectivity index (χ4v) is 3.77. The van der Waals surface area contributed by atoms with Crippen LogP contribution in [-0.2, 0) is 6.54 Å². The fourth-order valence-electron chi connectivity index (χ4n) is 3.53. The summed E-state index contributed by atoms with van der Waals surface area (Å²) >= 11 is 6.35. The SMILES string of the molecule is O=C(c1ccc2nc(Cl)c(-c3ccccc3)nc2c1)N1CCCn2cncc21. The number of carbonyl (C=O) groups excluding carboxylic acids is 1. The topological polar surface area (TPSA) is 63.9 Å². The number of aromatic nitrogens is 4. The monoisotopic (exact) mass is 389 g/mol. The number of aryl methyl sites for hydroxylation is 1. The first-order chi connectivity index (χ1) is 13.7. The Morgan fingerprint density at radius 2 is 1.86 bits per heavy atom. The second-order valence-corrected chi connectivity index (χ2v) is 7.05. The van der Waals surface area contributed by atoms with Gasteiger partial charge in [0.05, 0.1) is 23.6 Å². The van der Waals surface area contributed by atoms with Crippen molar-refractivity contribution in [3.8, 4) is 11.3 Å². The zero-order valence-electron chi connectivity index (χ0n) is 14.9. The first kappa shape index (κ1) is 16.9. The number of imidazole rings is 1. The third-order valence-electron chi connectivity index (χ3n) is 4.91. The number of rotatable bonds is 2. The van der Waals surface area contributed by atoms with Crippen LogP contribution >= 0.6 is 11.6 Å². The molecule has 1 aliphatic heterocycles. The van der Waals surface area contributed by atoms with Gasteiger partial charge in [0, 0.05) is 24.2 Å². The van der Waals surface area contributed by atoms with Gasteiger partial charge in [0.2, 0.25) is 0 Å². The molecule has 5 rings (SSSR count). The highest BCUT2D eigenvalue weighted by Crippen LogP contribution is 2.28. The molecule has 7 heteroatoms. The third-order valence-corrected chi connectivity index (χ3v) is 5.17. The van der Waals surface area contributed by atoms with E-state index in [1.54, 1.807) is 35.6 Å². The molecule has 0 aliphatic carbocycles. The summed E-state index contributed by atoms with van der Waals surface area (Å²) in [6.07, 6.45) is 4.39. The largest absolute Gasteiger partial charge is 0.317 e. The van der Waals surface area contributed by atoms with Crippen LogP contribution in [0.1, 0.15) is 16.8 Å². The number of benzene rings is 2. The molecule has 0 spiro atoms. The average Bonchev–Trinajstić information content (AvgIpc) is 3.22. The number of halogens is 1. The molecule has 1 aliphatic rings. The summed E-state index contributed by atoms with van der Waals surface area (Å²) in [5, 5.41) is 0.345. The molecular weight excluding hydrogens is 374 g/mol. The molecule has 0 unspecified atom stereocenters. The molecule has 0 saturated carbocycles. The van der Waals surface area contributed by atoms with Crippen molar-refractivity contribution in [1.82, 2.24) is 19.5 Å². The highest BCUT2D eigenvalue weighted by atomic mass is 35.5. The van der Waals surface area contributed by atoms with E-state index in [0.717, 1.165) is 24.3 Å². The van der Waals surface area contributed by atoms with Gasteiger partial charge >= 0.3 is 0 Å². The van der Waals surface area contributed by atoms with Crippen LogP contribution in [0.4, 0.5) is 5.82 Å². The first-order valence-corrected chi connectivity index (χ1v) is 9.43. The Balaban J connectivity index is 1.57. The van der Waals surface area contributed by atoms with Gasteiger partial charge in [0.1, 0.15) is 11.5 Å². The van der Waals surface area contributed by atoms with Crippen molar-refractivity contribution in [2.75, 3.05) is 11.4 Å². The molecule has 2 aromatic carbocycles. The molecule has 0 atom stereocenters. The van der Waals surface area contributed by atoms with Gasteiger partial charge in [-0.15, -0.1) is 0 Å². The van der Waals surface area contributed by atoms with Crippen LogP contribution in [0.25, 0.3) is 22.3 Å². The van der Waals surface area contributed by atoms with Crippen LogP contribution in [0.3, 0.4) is 0 Å². The molecule has 0 fully saturated rings. The van der Waals surface area contributed by atoms with Crippen molar-refractivity contribution in [2.24, 2.45) is 0 Å². The van der Waals surface area contributed by atoms with E-state index in [-0.39, 0.29) is 5.91 Å². The highest BCUT2D eigenvalue weighted by Gasteiger charge is 2.24. The van der Waals surface area contributed by atoms with Crippen molar-refractivity contribution in [1.29, 1.82) is 0 Å². The summed E-state index contributed by atoms with van der Waals surface area (Å²) in [6, 6.07) is 15.0. The van der Waals surface area contributed by atoms with E-state index in [2.05, 4.69) is 15.0 Å². The maximum atomic E-state index is 13.1. The molecule has 0 bridgehead atoms. The number of anilines is 1. The van der Waals surface area contributed by atoms with Crippen molar-refractivity contribution in [2.45, 2.75) is 13.0 Å². The van der Waals surface area contributed by atoms with Crippen molar-refractivity contribution >= 4 is 34.4 Å². The van der Waals surface area contributed by atoms with Crippen molar-refractivity contribution in [3.63, 3.8) is 0 Å². The van der Waals surface area contributed by atoms with Gasteiger partial charge in [-0.2, -0.15) is 0 Å². The smallest absolute Gasteiger partial charge is 0.259 e. The Hall–Kier alpha value is -3.25. The van der Waals surface area contributed by atoms with Gasteiger partial charge in [-0.3, -0.25) is 9.69 Å². The van der Waals surface area contributed by atoms with E-state index in [9.17, 15) is 4.79 Å². The fraction of sp³-hybridized carbons (Fsp3) is 0.143. The predicted octanol–water partition coefficient (Wildman–Crippen LogP) is 4.20. The van der Waals surface area contributed by atoms with Crippen molar-refractivity contribution < 1.29 is 4.79 Å². The van der Waals surface area contributed by atoms with Gasteiger partial charge in [0.15, 0.2) is 5.15 Å². The normalized spacial score (nSPS) is 13.5. The number of nitrogens with zero attached hydrogens (tertiary/aromatic N) is 5. The number of hydrogen-bond acceptors (Lipinski definition) is 4. The van der Waals surface area contributed by atoms with Crippen LogP contribution in [0.15, 0.2) is 61.1 Å². The lowest BCUT2D eigenvalue weighted by Gasteiger charge is -2.28. The number of carbonyl (C=O) groups is 1. The zero-order valence-corrected chi connectivity index (χ0v) is 15.7. The maximum absolute atomic E-state index is 13.1. The molecule has 3 heterocycles. The molecule has 138 valence electrons. The average molecular weight is 390 g/mol. The summed E-state index contributed by atoms with van der Waals surface area (Å²) in [5.41, 5.74) is 3.36. The van der Waals surface area contributed by atoms with Gasteiger partial charge in [-0.25, -0.2) is 15.0 Å². The van der Waals surface area contributed by atoms with Crippen LogP contribution < -0.4 is 4.90 Å². The van der Waals surface area contributed by atoms with Crippen LogP contribution in [0.2, 0.25) is 5.15 Å². The second kappa shape index (κ2) is 6.73. The van der Waals surface area contributed by atoms with Crippen LogP contribution in [0.5, 0.6) is 0 Å². The Labute approximate surface area is 166 Å². The lowest BCUT2D eigenvalue weighted by atomic mass is 10.1. The van der Waals surface area contributed by atoms with Crippen LogP contribution in [0, 0.1) is 0 Å². The third kappa shape index (κ3) is 2.82. The van der Waals surface area contributed by atoms with E-state index >= 15 is 0 Å². The minimum Gasteiger partial charge on any atom is -0.317 e. The Kier molecular flexibility index (Phi) is 4.06. The second-order valence-electron chi connectivity index (χ2n) is 6.69. The maximum Gasteiger partial charge on any atom is 0.259 e. The molecule has 1 amide bonds. The van der Waals surface area contributed by atoms with Crippen LogP contribution in [-0.4, -0.2) is 32.0 Å². The summed E-state index contributed by atoms with van der Waals surface area (Å²) < 4.78 is 2.00. The molecule has 4 aromatic rings. The summed E-state index contributed by atoms with van der Waals surface area (Å²) in [4.78, 5) is 28.2. The molecule has 0 N–H and O–H groups in total. The quantitative estimate of drug-likeness (QED) is 0.515. The van der Waals surface area contributed by atoms with E-state index < -0.39 is 0 Å². The Morgan fingerprint density at radius 1 is 1.00 bits per heavy atom. The minimum atomic E-state index is -0.0682. The molecule has 28 heavy (non-hydrogen) atoms. The van der Waals surface area contributed by atoms with E-state index in [0.29, 0.717) is 34.0 Å².